The van der Waals surface area contributed by atoms with Crippen molar-refractivity contribution in [3.63, 3.8) is 0 Å². The van der Waals surface area contributed by atoms with E-state index in [1.807, 2.05) is 83.8 Å². The van der Waals surface area contributed by atoms with Crippen molar-refractivity contribution in [2.45, 2.75) is 30.9 Å². The average molecular weight is 422 g/mol. The van der Waals surface area contributed by atoms with Gasteiger partial charge >= 0.3 is 0 Å². The van der Waals surface area contributed by atoms with Crippen molar-refractivity contribution in [3.05, 3.63) is 114 Å². The van der Waals surface area contributed by atoms with Gasteiger partial charge in [0.1, 0.15) is 5.60 Å². The Hall–Kier alpha value is -3.17. The topological polar surface area (TPSA) is 40.5 Å². The van der Waals surface area contributed by atoms with Crippen LogP contribution >= 0.6 is 0 Å². The van der Waals surface area contributed by atoms with Gasteiger partial charge in [0.15, 0.2) is 0 Å². The standard InChI is InChI=1S/C29H27NO2/c31-28(25-18-20-15-16-21(25)17-20)30-26-14-8-7-9-22(26)19-27(30)29(32,23-10-3-1-4-11-23)24-12-5-2-6-13-24/h1-16,20-21,25,27,32H,17-19H2/t20-,21+,25-,27-/m0/s1. The summed E-state index contributed by atoms with van der Waals surface area (Å²) in [5, 5.41) is 12.5. The number of carbonyl (C=O) groups is 1. The normalized spacial score (nSPS) is 25.8. The number of para-hydroxylation sites is 1. The third-order valence-electron chi connectivity index (χ3n) is 7.72. The SMILES string of the molecule is O=C([C@H]1C[C@H]2C=C[C@@H]1C2)N1c2ccccc2C[C@H]1C(O)(c1ccccc1)c1ccccc1. The molecule has 0 spiro atoms. The van der Waals surface area contributed by atoms with Crippen LogP contribution in [0, 0.1) is 17.8 Å². The summed E-state index contributed by atoms with van der Waals surface area (Å²) in [5.41, 5.74) is 2.38. The molecule has 3 aliphatic rings. The summed E-state index contributed by atoms with van der Waals surface area (Å²) in [6.45, 7) is 0. The molecule has 3 aromatic carbocycles. The van der Waals surface area contributed by atoms with E-state index in [2.05, 4.69) is 18.2 Å². The molecule has 0 unspecified atom stereocenters. The van der Waals surface area contributed by atoms with E-state index >= 15 is 0 Å². The molecule has 2 bridgehead atoms. The largest absolute Gasteiger partial charge is 0.378 e. The minimum absolute atomic E-state index is 0.00514. The van der Waals surface area contributed by atoms with Crippen LogP contribution in [0.25, 0.3) is 0 Å². The number of fused-ring (bicyclic) bond motifs is 3. The van der Waals surface area contributed by atoms with Gasteiger partial charge in [0.05, 0.1) is 6.04 Å². The summed E-state index contributed by atoms with van der Waals surface area (Å²) in [7, 11) is 0. The van der Waals surface area contributed by atoms with Crippen molar-refractivity contribution in [2.75, 3.05) is 4.90 Å². The van der Waals surface area contributed by atoms with Crippen LogP contribution in [0.3, 0.4) is 0 Å². The summed E-state index contributed by atoms with van der Waals surface area (Å²) in [4.78, 5) is 16.0. The van der Waals surface area contributed by atoms with Crippen LogP contribution in [0.15, 0.2) is 97.1 Å². The number of hydrogen-bond donors (Lipinski definition) is 1. The number of carbonyl (C=O) groups excluding carboxylic acids is 1. The molecule has 0 aromatic heterocycles. The van der Waals surface area contributed by atoms with Gasteiger partial charge in [-0.15, -0.1) is 0 Å². The van der Waals surface area contributed by atoms with Gasteiger partial charge in [-0.3, -0.25) is 4.79 Å². The minimum atomic E-state index is -1.31. The zero-order valence-corrected chi connectivity index (χ0v) is 18.0. The van der Waals surface area contributed by atoms with Crippen molar-refractivity contribution < 1.29 is 9.90 Å². The molecule has 1 fully saturated rings. The summed E-state index contributed by atoms with van der Waals surface area (Å²) < 4.78 is 0. The van der Waals surface area contributed by atoms with Gasteiger partial charge in [-0.2, -0.15) is 0 Å². The van der Waals surface area contributed by atoms with Crippen molar-refractivity contribution in [2.24, 2.45) is 17.8 Å². The van der Waals surface area contributed by atoms with Crippen LogP contribution < -0.4 is 4.90 Å². The van der Waals surface area contributed by atoms with Gasteiger partial charge in [0.25, 0.3) is 0 Å². The Morgan fingerprint density at radius 2 is 1.44 bits per heavy atom. The molecular formula is C29H27NO2. The highest BCUT2D eigenvalue weighted by Crippen LogP contribution is 2.49. The molecule has 0 saturated heterocycles. The smallest absolute Gasteiger partial charge is 0.231 e. The molecule has 160 valence electrons. The number of nitrogens with zero attached hydrogens (tertiary/aromatic N) is 1. The van der Waals surface area contributed by atoms with E-state index in [0.717, 1.165) is 35.2 Å². The summed E-state index contributed by atoms with van der Waals surface area (Å²) >= 11 is 0. The second-order valence-electron chi connectivity index (χ2n) is 9.44. The Kier molecular flexibility index (Phi) is 4.55. The molecule has 1 aliphatic heterocycles. The zero-order chi connectivity index (χ0) is 21.7. The lowest BCUT2D eigenvalue weighted by atomic mass is 9.78. The van der Waals surface area contributed by atoms with Crippen molar-refractivity contribution >= 4 is 11.6 Å². The Balaban J connectivity index is 1.50. The molecule has 2 aliphatic carbocycles. The maximum absolute atomic E-state index is 14.1. The number of amides is 1. The van der Waals surface area contributed by atoms with E-state index in [4.69, 9.17) is 0 Å². The van der Waals surface area contributed by atoms with Crippen LogP contribution in [-0.2, 0) is 16.8 Å². The van der Waals surface area contributed by atoms with Gasteiger partial charge in [-0.05, 0) is 53.9 Å². The number of benzene rings is 3. The third-order valence-corrected chi connectivity index (χ3v) is 7.72. The van der Waals surface area contributed by atoms with E-state index in [1.54, 1.807) is 0 Å². The number of rotatable bonds is 4. The fourth-order valence-electron chi connectivity index (χ4n) is 6.17. The number of anilines is 1. The van der Waals surface area contributed by atoms with Crippen molar-refractivity contribution in [1.82, 2.24) is 0 Å². The second kappa shape index (κ2) is 7.46. The zero-order valence-electron chi connectivity index (χ0n) is 18.0. The molecule has 3 heteroatoms. The van der Waals surface area contributed by atoms with E-state index < -0.39 is 11.6 Å². The fraction of sp³-hybridized carbons (Fsp3) is 0.276. The average Bonchev–Trinajstić information content (AvgIpc) is 3.58. The summed E-state index contributed by atoms with van der Waals surface area (Å²) in [5.74, 6) is 0.992. The summed E-state index contributed by atoms with van der Waals surface area (Å²) in [6.07, 6.45) is 7.12. The first kappa shape index (κ1) is 19.5. The highest BCUT2D eigenvalue weighted by molar-refractivity contribution is 5.99. The van der Waals surface area contributed by atoms with Crippen molar-refractivity contribution in [1.29, 1.82) is 0 Å². The second-order valence-corrected chi connectivity index (χ2v) is 9.44. The number of aliphatic hydroxyl groups is 1. The lowest BCUT2D eigenvalue weighted by molar-refractivity contribution is -0.124. The number of allylic oxidation sites excluding steroid dienone is 2. The Labute approximate surface area is 189 Å². The van der Waals surface area contributed by atoms with Gasteiger partial charge in [0.2, 0.25) is 5.91 Å². The molecule has 0 radical (unpaired) electrons. The predicted octanol–water partition coefficient (Wildman–Crippen LogP) is 5.09. The van der Waals surface area contributed by atoms with Crippen molar-refractivity contribution in [3.8, 4) is 0 Å². The lowest BCUT2D eigenvalue weighted by Gasteiger charge is -2.41. The highest BCUT2D eigenvalue weighted by Gasteiger charge is 2.52. The van der Waals surface area contributed by atoms with Crippen LogP contribution in [-0.4, -0.2) is 17.1 Å². The van der Waals surface area contributed by atoms with Gasteiger partial charge < -0.3 is 10.0 Å². The van der Waals surface area contributed by atoms with Crippen LogP contribution in [0.4, 0.5) is 5.69 Å². The van der Waals surface area contributed by atoms with E-state index in [0.29, 0.717) is 18.3 Å². The molecule has 6 rings (SSSR count). The van der Waals surface area contributed by atoms with E-state index in [9.17, 15) is 9.90 Å². The minimum Gasteiger partial charge on any atom is -0.378 e. The Morgan fingerprint density at radius 3 is 2.03 bits per heavy atom. The first-order valence-electron chi connectivity index (χ1n) is 11.6. The quantitative estimate of drug-likeness (QED) is 0.596. The molecule has 3 nitrogen and oxygen atoms in total. The molecule has 1 N–H and O–H groups in total. The first-order chi connectivity index (χ1) is 15.7. The molecule has 1 heterocycles. The maximum Gasteiger partial charge on any atom is 0.231 e. The third kappa shape index (κ3) is 2.88. The van der Waals surface area contributed by atoms with Gasteiger partial charge in [-0.25, -0.2) is 0 Å². The van der Waals surface area contributed by atoms with Crippen LogP contribution in [0.1, 0.15) is 29.5 Å². The fourth-order valence-corrected chi connectivity index (χ4v) is 6.17. The van der Waals surface area contributed by atoms with Crippen LogP contribution in [0.2, 0.25) is 0 Å². The highest BCUT2D eigenvalue weighted by atomic mass is 16.3. The van der Waals surface area contributed by atoms with E-state index in [-0.39, 0.29) is 11.8 Å². The van der Waals surface area contributed by atoms with Gasteiger partial charge in [0, 0.05) is 11.6 Å². The molecule has 1 saturated carbocycles. The first-order valence-corrected chi connectivity index (χ1v) is 11.6. The maximum atomic E-state index is 14.1. The molecule has 32 heavy (non-hydrogen) atoms. The molecule has 4 atom stereocenters. The Bertz CT molecular complexity index is 1130. The summed E-state index contributed by atoms with van der Waals surface area (Å²) in [6, 6.07) is 27.4. The Morgan fingerprint density at radius 1 is 0.812 bits per heavy atom. The predicted molar refractivity (Wildman–Crippen MR) is 126 cm³/mol. The lowest BCUT2D eigenvalue weighted by Crippen LogP contribution is -2.54. The van der Waals surface area contributed by atoms with Crippen LogP contribution in [0.5, 0.6) is 0 Å². The number of hydrogen-bond acceptors (Lipinski definition) is 2. The monoisotopic (exact) mass is 421 g/mol. The molecule has 1 amide bonds. The molecule has 3 aromatic rings. The van der Waals surface area contributed by atoms with E-state index in [1.165, 1.54) is 0 Å². The van der Waals surface area contributed by atoms with Gasteiger partial charge in [-0.1, -0.05) is 91.0 Å². The molecular weight excluding hydrogens is 394 g/mol.